The van der Waals surface area contributed by atoms with Gasteiger partial charge in [-0.1, -0.05) is 13.3 Å². The van der Waals surface area contributed by atoms with Crippen molar-refractivity contribution in [1.82, 2.24) is 0 Å². The lowest BCUT2D eigenvalue weighted by Crippen LogP contribution is -2.01. The molecular weight excluding hydrogens is 130 g/mol. The third-order valence-corrected chi connectivity index (χ3v) is 1.92. The molecule has 0 spiro atoms. The quantitative estimate of drug-likeness (QED) is 0.434. The van der Waals surface area contributed by atoms with Gasteiger partial charge in [-0.3, -0.25) is 0 Å². The SMILES string of the molecule is CCCC1(N=C=S)CC1. The van der Waals surface area contributed by atoms with E-state index in [4.69, 9.17) is 0 Å². The number of hydrogen-bond acceptors (Lipinski definition) is 2. The molecule has 0 aromatic rings. The molecule has 1 fully saturated rings. The number of rotatable bonds is 3. The van der Waals surface area contributed by atoms with Crippen LogP contribution in [0.1, 0.15) is 32.6 Å². The molecule has 0 atom stereocenters. The van der Waals surface area contributed by atoms with Gasteiger partial charge in [0.25, 0.3) is 0 Å². The molecule has 0 amide bonds. The first-order chi connectivity index (χ1) is 4.33. The van der Waals surface area contributed by atoms with E-state index in [1.807, 2.05) is 0 Å². The normalized spacial score (nSPS) is 20.6. The first-order valence-corrected chi connectivity index (χ1v) is 3.83. The van der Waals surface area contributed by atoms with Crippen LogP contribution < -0.4 is 0 Å². The van der Waals surface area contributed by atoms with Crippen LogP contribution in [0.25, 0.3) is 0 Å². The molecule has 0 aromatic carbocycles. The van der Waals surface area contributed by atoms with Gasteiger partial charge in [0.05, 0.1) is 10.7 Å². The molecule has 1 aliphatic carbocycles. The molecule has 2 heteroatoms. The van der Waals surface area contributed by atoms with Crippen LogP contribution in [-0.2, 0) is 0 Å². The number of thiocarbonyl (C=S) groups is 1. The molecule has 1 nitrogen and oxygen atoms in total. The average Bonchev–Trinajstić information content (AvgIpc) is 2.51. The monoisotopic (exact) mass is 141 g/mol. The molecule has 1 saturated carbocycles. The van der Waals surface area contributed by atoms with Gasteiger partial charge in [-0.05, 0) is 31.5 Å². The van der Waals surface area contributed by atoms with Crippen molar-refractivity contribution < 1.29 is 0 Å². The van der Waals surface area contributed by atoms with Gasteiger partial charge in [0.2, 0.25) is 0 Å². The van der Waals surface area contributed by atoms with Crippen molar-refractivity contribution in [2.75, 3.05) is 0 Å². The van der Waals surface area contributed by atoms with Crippen LogP contribution in [0, 0.1) is 0 Å². The maximum absolute atomic E-state index is 4.54. The Bertz CT molecular complexity index is 143. The first-order valence-electron chi connectivity index (χ1n) is 3.42. The highest BCUT2D eigenvalue weighted by Crippen LogP contribution is 2.43. The van der Waals surface area contributed by atoms with Crippen molar-refractivity contribution >= 4 is 17.4 Å². The van der Waals surface area contributed by atoms with Gasteiger partial charge in [0, 0.05) is 0 Å². The van der Waals surface area contributed by atoms with E-state index in [-0.39, 0.29) is 5.54 Å². The van der Waals surface area contributed by atoms with E-state index in [9.17, 15) is 0 Å². The smallest absolute Gasteiger partial charge is 0.0712 e. The molecule has 9 heavy (non-hydrogen) atoms. The molecule has 0 aliphatic heterocycles. The lowest BCUT2D eigenvalue weighted by Gasteiger charge is -2.02. The minimum absolute atomic E-state index is 0.260. The zero-order valence-electron chi connectivity index (χ0n) is 5.68. The number of nitrogens with zero attached hydrogens (tertiary/aromatic N) is 1. The molecule has 1 rings (SSSR count). The summed E-state index contributed by atoms with van der Waals surface area (Å²) in [4.78, 5) is 4.12. The second-order valence-corrected chi connectivity index (χ2v) is 2.86. The minimum atomic E-state index is 0.260. The largest absolute Gasteiger partial charge is 0.226 e. The van der Waals surface area contributed by atoms with Crippen molar-refractivity contribution in [3.63, 3.8) is 0 Å². The number of isothiocyanates is 1. The van der Waals surface area contributed by atoms with Crippen LogP contribution in [0.3, 0.4) is 0 Å². The lowest BCUT2D eigenvalue weighted by molar-refractivity contribution is 0.604. The minimum Gasteiger partial charge on any atom is -0.226 e. The number of hydrogen-bond donors (Lipinski definition) is 0. The molecule has 0 N–H and O–H groups in total. The predicted octanol–water partition coefficient (Wildman–Crippen LogP) is 2.42. The molecule has 50 valence electrons. The molecule has 0 heterocycles. The predicted molar refractivity (Wildman–Crippen MR) is 41.9 cm³/mol. The average molecular weight is 141 g/mol. The summed E-state index contributed by atoms with van der Waals surface area (Å²) in [5.74, 6) is 0. The third kappa shape index (κ3) is 1.60. The van der Waals surface area contributed by atoms with Gasteiger partial charge in [-0.15, -0.1) is 0 Å². The Labute approximate surface area is 61.2 Å². The van der Waals surface area contributed by atoms with E-state index in [2.05, 4.69) is 29.3 Å². The van der Waals surface area contributed by atoms with Gasteiger partial charge in [0.15, 0.2) is 0 Å². The zero-order valence-corrected chi connectivity index (χ0v) is 6.50. The van der Waals surface area contributed by atoms with Crippen molar-refractivity contribution in [3.8, 4) is 0 Å². The standard InChI is InChI=1S/C7H11NS/c1-2-3-7(4-5-7)8-6-9/h2-5H2,1H3. The van der Waals surface area contributed by atoms with Crippen molar-refractivity contribution in [2.24, 2.45) is 4.99 Å². The van der Waals surface area contributed by atoms with E-state index in [0.717, 1.165) is 0 Å². The number of aliphatic imine (C=N–C) groups is 1. The summed E-state index contributed by atoms with van der Waals surface area (Å²) in [6, 6.07) is 0. The molecular formula is C7H11NS. The molecule has 0 aromatic heterocycles. The lowest BCUT2D eigenvalue weighted by atomic mass is 10.1. The first kappa shape index (κ1) is 6.91. The van der Waals surface area contributed by atoms with Crippen molar-refractivity contribution in [2.45, 2.75) is 38.1 Å². The van der Waals surface area contributed by atoms with E-state index in [1.54, 1.807) is 0 Å². The fraction of sp³-hybridized carbons (Fsp3) is 0.857. The zero-order chi connectivity index (χ0) is 6.74. The van der Waals surface area contributed by atoms with Crippen molar-refractivity contribution in [1.29, 1.82) is 0 Å². The van der Waals surface area contributed by atoms with E-state index < -0.39 is 0 Å². The summed E-state index contributed by atoms with van der Waals surface area (Å²) < 4.78 is 0. The molecule has 0 bridgehead atoms. The van der Waals surface area contributed by atoms with Crippen LogP contribution in [0.15, 0.2) is 4.99 Å². The van der Waals surface area contributed by atoms with Gasteiger partial charge >= 0.3 is 0 Å². The maximum Gasteiger partial charge on any atom is 0.0712 e. The highest BCUT2D eigenvalue weighted by Gasteiger charge is 2.41. The topological polar surface area (TPSA) is 12.4 Å². The Morgan fingerprint density at radius 2 is 2.33 bits per heavy atom. The summed E-state index contributed by atoms with van der Waals surface area (Å²) in [6.07, 6.45) is 4.85. The van der Waals surface area contributed by atoms with Gasteiger partial charge in [-0.25, -0.2) is 4.99 Å². The molecule has 0 radical (unpaired) electrons. The Balaban J connectivity index is 2.42. The molecule has 1 aliphatic rings. The second kappa shape index (κ2) is 2.59. The molecule has 0 saturated heterocycles. The van der Waals surface area contributed by atoms with E-state index >= 15 is 0 Å². The fourth-order valence-electron chi connectivity index (χ4n) is 1.12. The van der Waals surface area contributed by atoms with Crippen LogP contribution in [-0.4, -0.2) is 10.7 Å². The Morgan fingerprint density at radius 1 is 1.67 bits per heavy atom. The summed E-state index contributed by atoms with van der Waals surface area (Å²) in [5, 5.41) is 2.46. The van der Waals surface area contributed by atoms with Gasteiger partial charge in [0.1, 0.15) is 0 Å². The fourth-order valence-corrected chi connectivity index (χ4v) is 1.32. The highest BCUT2D eigenvalue weighted by atomic mass is 32.1. The van der Waals surface area contributed by atoms with Crippen LogP contribution in [0.5, 0.6) is 0 Å². The van der Waals surface area contributed by atoms with Crippen LogP contribution >= 0.6 is 12.2 Å². The van der Waals surface area contributed by atoms with E-state index in [1.165, 1.54) is 25.7 Å². The Kier molecular flexibility index (Phi) is 1.99. The maximum atomic E-state index is 4.54. The molecule has 0 unspecified atom stereocenters. The van der Waals surface area contributed by atoms with Crippen LogP contribution in [0.4, 0.5) is 0 Å². The highest BCUT2D eigenvalue weighted by molar-refractivity contribution is 7.78. The van der Waals surface area contributed by atoms with Gasteiger partial charge < -0.3 is 0 Å². The van der Waals surface area contributed by atoms with E-state index in [0.29, 0.717) is 0 Å². The summed E-state index contributed by atoms with van der Waals surface area (Å²) >= 11 is 4.54. The third-order valence-electron chi connectivity index (χ3n) is 1.83. The Hall–Kier alpha value is -0.200. The van der Waals surface area contributed by atoms with Crippen molar-refractivity contribution in [3.05, 3.63) is 0 Å². The summed E-state index contributed by atoms with van der Waals surface area (Å²) in [7, 11) is 0. The summed E-state index contributed by atoms with van der Waals surface area (Å²) in [6.45, 7) is 2.18. The second-order valence-electron chi connectivity index (χ2n) is 2.68. The summed E-state index contributed by atoms with van der Waals surface area (Å²) in [5.41, 5.74) is 0.260. The van der Waals surface area contributed by atoms with Gasteiger partial charge in [-0.2, -0.15) is 0 Å². The Morgan fingerprint density at radius 3 is 2.67 bits per heavy atom. The van der Waals surface area contributed by atoms with Crippen LogP contribution in [0.2, 0.25) is 0 Å².